The van der Waals surface area contributed by atoms with Gasteiger partial charge in [-0.05, 0) is 60.4 Å². The van der Waals surface area contributed by atoms with Gasteiger partial charge in [0.05, 0.1) is 41.8 Å². The van der Waals surface area contributed by atoms with Crippen LogP contribution in [0.1, 0.15) is 59.6 Å². The Morgan fingerprint density at radius 1 is 1.05 bits per heavy atom. The number of amides is 1. The topological polar surface area (TPSA) is 99.5 Å². The standard InChI is InChI=1S/C31H33F2N3O4S/c1-2-41(38,39)28-16-11-23(12-17-28)29(18-19-34)35-30(37)24-8-13-26(14-9-24)36-20-25(22-6-4-3-5-7-22)10-15-27(36)21-40-31(32)33/h3-9,11-14,16-17,25,27,29,31H,2,10,15,18,20-21H2,1H3,(H,35,37)/t25?,27-,29-/m0/s1. The van der Waals surface area contributed by atoms with Crippen molar-refractivity contribution in [3.63, 3.8) is 0 Å². The maximum atomic E-state index is 13.1. The van der Waals surface area contributed by atoms with Crippen molar-refractivity contribution in [1.29, 1.82) is 5.26 Å². The Kier molecular flexibility index (Phi) is 10.1. The van der Waals surface area contributed by atoms with Crippen molar-refractivity contribution in [2.24, 2.45) is 0 Å². The molecular weight excluding hydrogens is 548 g/mol. The van der Waals surface area contributed by atoms with Crippen molar-refractivity contribution < 1.29 is 26.7 Å². The van der Waals surface area contributed by atoms with Gasteiger partial charge in [0.15, 0.2) is 9.84 Å². The summed E-state index contributed by atoms with van der Waals surface area (Å²) in [5.74, 6) is -0.182. The number of benzene rings is 3. The minimum Gasteiger partial charge on any atom is -0.366 e. The monoisotopic (exact) mass is 581 g/mol. The molecule has 0 aliphatic carbocycles. The summed E-state index contributed by atoms with van der Waals surface area (Å²) < 4.78 is 54.6. The molecule has 0 aromatic heterocycles. The van der Waals surface area contributed by atoms with Crippen LogP contribution in [0.25, 0.3) is 0 Å². The molecule has 0 bridgehead atoms. The van der Waals surface area contributed by atoms with E-state index < -0.39 is 22.5 Å². The molecule has 1 saturated heterocycles. The molecule has 1 N–H and O–H groups in total. The Balaban J connectivity index is 1.50. The second-order valence-corrected chi connectivity index (χ2v) is 12.3. The number of hydrogen-bond acceptors (Lipinski definition) is 6. The highest BCUT2D eigenvalue weighted by atomic mass is 32.2. The van der Waals surface area contributed by atoms with E-state index >= 15 is 0 Å². The maximum Gasteiger partial charge on any atom is 0.345 e. The van der Waals surface area contributed by atoms with Crippen LogP contribution in [0.2, 0.25) is 0 Å². The number of halogens is 2. The molecule has 1 aliphatic rings. The molecule has 1 heterocycles. The normalized spacial score (nSPS) is 18.1. The molecule has 216 valence electrons. The molecule has 4 rings (SSSR count). The van der Waals surface area contributed by atoms with Crippen LogP contribution in [0.15, 0.2) is 83.8 Å². The van der Waals surface area contributed by atoms with Crippen molar-refractivity contribution in [3.8, 4) is 6.07 Å². The van der Waals surface area contributed by atoms with Gasteiger partial charge in [-0.3, -0.25) is 4.79 Å². The van der Waals surface area contributed by atoms with E-state index in [0.717, 1.165) is 12.1 Å². The molecule has 3 aromatic rings. The highest BCUT2D eigenvalue weighted by Gasteiger charge is 2.30. The fourth-order valence-corrected chi connectivity index (χ4v) is 6.05. The number of nitrogens with zero attached hydrogens (tertiary/aromatic N) is 2. The van der Waals surface area contributed by atoms with E-state index in [-0.39, 0.29) is 41.5 Å². The van der Waals surface area contributed by atoms with Crippen molar-refractivity contribution in [3.05, 3.63) is 95.6 Å². The predicted octanol–water partition coefficient (Wildman–Crippen LogP) is 5.86. The Hall–Kier alpha value is -3.81. The lowest BCUT2D eigenvalue weighted by Gasteiger charge is -2.41. The van der Waals surface area contributed by atoms with Gasteiger partial charge in [0, 0.05) is 23.7 Å². The second kappa shape index (κ2) is 13.7. The zero-order valence-corrected chi connectivity index (χ0v) is 23.6. The number of rotatable bonds is 11. The van der Waals surface area contributed by atoms with Crippen LogP contribution in [0.4, 0.5) is 14.5 Å². The molecule has 0 saturated carbocycles. The Bertz CT molecular complexity index is 1440. The molecule has 1 unspecified atom stereocenters. The van der Waals surface area contributed by atoms with Crippen LogP contribution in [0.3, 0.4) is 0 Å². The number of ether oxygens (including phenoxy) is 1. The van der Waals surface area contributed by atoms with Crippen LogP contribution in [-0.4, -0.2) is 45.9 Å². The molecule has 7 nitrogen and oxygen atoms in total. The van der Waals surface area contributed by atoms with Crippen LogP contribution in [0.5, 0.6) is 0 Å². The summed E-state index contributed by atoms with van der Waals surface area (Å²) >= 11 is 0. The van der Waals surface area contributed by atoms with E-state index in [1.165, 1.54) is 17.7 Å². The fourth-order valence-electron chi connectivity index (χ4n) is 5.16. The number of nitriles is 1. The van der Waals surface area contributed by atoms with Gasteiger partial charge in [0.1, 0.15) is 0 Å². The van der Waals surface area contributed by atoms with E-state index in [9.17, 15) is 27.3 Å². The number of anilines is 1. The summed E-state index contributed by atoms with van der Waals surface area (Å²) in [7, 11) is -3.37. The fraction of sp³-hybridized carbons (Fsp3) is 0.355. The number of nitrogens with one attached hydrogen (secondary N) is 1. The van der Waals surface area contributed by atoms with Gasteiger partial charge < -0.3 is 15.0 Å². The number of sulfone groups is 1. The minimum atomic E-state index is -3.37. The summed E-state index contributed by atoms with van der Waals surface area (Å²) in [6.07, 6.45) is 1.54. The molecule has 1 fully saturated rings. The smallest absolute Gasteiger partial charge is 0.345 e. The van der Waals surface area contributed by atoms with Gasteiger partial charge in [-0.1, -0.05) is 49.4 Å². The van der Waals surface area contributed by atoms with E-state index in [0.29, 0.717) is 24.1 Å². The minimum absolute atomic E-state index is 0.00413. The molecule has 1 aliphatic heterocycles. The Labute approximate surface area is 239 Å². The second-order valence-electron chi connectivity index (χ2n) is 9.99. The van der Waals surface area contributed by atoms with Crippen LogP contribution in [0, 0.1) is 11.3 Å². The average molecular weight is 582 g/mol. The zero-order chi connectivity index (χ0) is 29.4. The van der Waals surface area contributed by atoms with E-state index in [2.05, 4.69) is 33.2 Å². The molecule has 0 spiro atoms. The molecular formula is C31H33F2N3O4S. The quantitative estimate of drug-likeness (QED) is 0.305. The largest absolute Gasteiger partial charge is 0.366 e. The highest BCUT2D eigenvalue weighted by Crippen LogP contribution is 2.34. The first-order valence-corrected chi connectivity index (χ1v) is 15.2. The van der Waals surface area contributed by atoms with Crippen LogP contribution >= 0.6 is 0 Å². The van der Waals surface area contributed by atoms with Crippen molar-refractivity contribution in [2.45, 2.75) is 55.7 Å². The third-order valence-electron chi connectivity index (χ3n) is 7.48. The summed E-state index contributed by atoms with van der Waals surface area (Å²) in [4.78, 5) is 15.4. The van der Waals surface area contributed by atoms with Crippen molar-refractivity contribution >= 4 is 21.4 Å². The molecule has 0 radical (unpaired) electrons. The average Bonchev–Trinajstić information content (AvgIpc) is 3.00. The third-order valence-corrected chi connectivity index (χ3v) is 9.23. The van der Waals surface area contributed by atoms with E-state index in [1.54, 1.807) is 43.3 Å². The highest BCUT2D eigenvalue weighted by molar-refractivity contribution is 7.91. The molecule has 3 aromatic carbocycles. The lowest BCUT2D eigenvalue weighted by Crippen LogP contribution is -2.45. The van der Waals surface area contributed by atoms with Gasteiger partial charge in [-0.2, -0.15) is 14.0 Å². The number of carbonyl (C=O) groups is 1. The molecule has 10 heteroatoms. The number of alkyl halides is 2. The summed E-state index contributed by atoms with van der Waals surface area (Å²) in [5.41, 5.74) is 2.98. The Morgan fingerprint density at radius 2 is 1.73 bits per heavy atom. The lowest BCUT2D eigenvalue weighted by molar-refractivity contribution is -0.133. The van der Waals surface area contributed by atoms with Gasteiger partial charge in [0.2, 0.25) is 0 Å². The maximum absolute atomic E-state index is 13.1. The number of hydrogen-bond donors (Lipinski definition) is 1. The summed E-state index contributed by atoms with van der Waals surface area (Å²) in [6.45, 7) is -0.753. The summed E-state index contributed by atoms with van der Waals surface area (Å²) in [6, 6.07) is 24.4. The lowest BCUT2D eigenvalue weighted by atomic mass is 9.87. The van der Waals surface area contributed by atoms with Gasteiger partial charge in [0.25, 0.3) is 5.91 Å². The summed E-state index contributed by atoms with van der Waals surface area (Å²) in [5, 5.41) is 12.2. The van der Waals surface area contributed by atoms with E-state index in [1.807, 2.05) is 18.2 Å². The molecule has 1 amide bonds. The van der Waals surface area contributed by atoms with Crippen molar-refractivity contribution in [2.75, 3.05) is 23.8 Å². The third kappa shape index (κ3) is 7.69. The van der Waals surface area contributed by atoms with Crippen LogP contribution < -0.4 is 10.2 Å². The predicted molar refractivity (Wildman–Crippen MR) is 153 cm³/mol. The Morgan fingerprint density at radius 3 is 2.34 bits per heavy atom. The van der Waals surface area contributed by atoms with E-state index in [4.69, 9.17) is 0 Å². The SMILES string of the molecule is CCS(=O)(=O)c1ccc([C@H](CC#N)NC(=O)c2ccc(N3CC(c4ccccc4)CC[C@H]3COC(F)F)cc2)cc1. The van der Waals surface area contributed by atoms with Gasteiger partial charge in [-0.25, -0.2) is 8.42 Å². The molecule has 41 heavy (non-hydrogen) atoms. The first kappa shape index (κ1) is 30.2. The van der Waals surface area contributed by atoms with Crippen LogP contribution in [-0.2, 0) is 14.6 Å². The number of carbonyl (C=O) groups excluding carboxylic acids is 1. The first-order valence-electron chi connectivity index (χ1n) is 13.5. The van der Waals surface area contributed by atoms with Gasteiger partial charge in [-0.15, -0.1) is 0 Å². The zero-order valence-electron chi connectivity index (χ0n) is 22.7. The number of piperidine rings is 1. The van der Waals surface area contributed by atoms with Crippen molar-refractivity contribution in [1.82, 2.24) is 5.32 Å². The molecule has 3 atom stereocenters. The van der Waals surface area contributed by atoms with Gasteiger partial charge >= 0.3 is 6.61 Å². The first-order chi connectivity index (χ1) is 19.7.